The summed E-state index contributed by atoms with van der Waals surface area (Å²) in [4.78, 5) is 12.8. The van der Waals surface area contributed by atoms with Crippen molar-refractivity contribution in [2.45, 2.75) is 57.5 Å². The second-order valence-corrected chi connectivity index (χ2v) is 9.45. The predicted molar refractivity (Wildman–Crippen MR) is 123 cm³/mol. The van der Waals surface area contributed by atoms with E-state index in [2.05, 4.69) is 72.5 Å². The number of nitrogens with zero attached hydrogens (tertiary/aromatic N) is 1. The molecular formula is C26H29F2N3O. The van der Waals surface area contributed by atoms with E-state index < -0.39 is 17.7 Å². The maximum atomic E-state index is 13.5. The number of anilines is 1. The van der Waals surface area contributed by atoms with E-state index in [0.29, 0.717) is 0 Å². The van der Waals surface area contributed by atoms with Gasteiger partial charge in [-0.25, -0.2) is 13.6 Å². The Kier molecular flexibility index (Phi) is 6.04. The number of carbonyl (C=O) groups is 1. The molecule has 2 heterocycles. The van der Waals surface area contributed by atoms with Gasteiger partial charge < -0.3 is 15.2 Å². The molecule has 2 unspecified atom stereocenters. The highest BCUT2D eigenvalue weighted by molar-refractivity contribution is 5.89. The van der Waals surface area contributed by atoms with E-state index in [1.807, 2.05) is 6.07 Å². The Labute approximate surface area is 187 Å². The Morgan fingerprint density at radius 1 is 1.03 bits per heavy atom. The van der Waals surface area contributed by atoms with Gasteiger partial charge in [-0.2, -0.15) is 0 Å². The SMILES string of the molecule is CC(C)(C)c1ccc(C2c3cccn3CCCC2NC(=O)Nc2ccc(F)c(F)c2)cc1. The third-order valence-electron chi connectivity index (χ3n) is 6.13. The van der Waals surface area contributed by atoms with Crippen LogP contribution >= 0.6 is 0 Å². The van der Waals surface area contributed by atoms with Gasteiger partial charge in [-0.3, -0.25) is 0 Å². The van der Waals surface area contributed by atoms with Gasteiger partial charge >= 0.3 is 6.03 Å². The first kappa shape index (κ1) is 22.1. The Bertz CT molecular complexity index is 1100. The fourth-order valence-electron chi connectivity index (χ4n) is 4.43. The number of aryl methyl sites for hydroxylation is 1. The average Bonchev–Trinajstić information content (AvgIpc) is 3.12. The summed E-state index contributed by atoms with van der Waals surface area (Å²) in [7, 11) is 0. The number of benzene rings is 2. The first-order valence-electron chi connectivity index (χ1n) is 11.0. The van der Waals surface area contributed by atoms with Gasteiger partial charge in [-0.15, -0.1) is 0 Å². The van der Waals surface area contributed by atoms with Crippen molar-refractivity contribution >= 4 is 11.7 Å². The minimum absolute atomic E-state index is 0.0165. The molecule has 1 aromatic heterocycles. The lowest BCUT2D eigenvalue weighted by molar-refractivity contribution is 0.246. The van der Waals surface area contributed by atoms with Crippen LogP contribution < -0.4 is 10.6 Å². The van der Waals surface area contributed by atoms with E-state index in [-0.39, 0.29) is 23.1 Å². The number of hydrogen-bond acceptors (Lipinski definition) is 1. The number of nitrogens with one attached hydrogen (secondary N) is 2. The number of urea groups is 1. The van der Waals surface area contributed by atoms with E-state index in [0.717, 1.165) is 42.8 Å². The van der Waals surface area contributed by atoms with Gasteiger partial charge in [0.25, 0.3) is 0 Å². The second kappa shape index (κ2) is 8.77. The van der Waals surface area contributed by atoms with Gasteiger partial charge in [0.1, 0.15) is 0 Å². The minimum Gasteiger partial charge on any atom is -0.351 e. The van der Waals surface area contributed by atoms with Crippen LogP contribution in [0.25, 0.3) is 0 Å². The lowest BCUT2D eigenvalue weighted by Crippen LogP contribution is -2.41. The van der Waals surface area contributed by atoms with Gasteiger partial charge in [0, 0.05) is 42.1 Å². The highest BCUT2D eigenvalue weighted by atomic mass is 19.2. The van der Waals surface area contributed by atoms with Crippen molar-refractivity contribution in [2.75, 3.05) is 5.32 Å². The molecule has 2 aromatic carbocycles. The molecule has 4 nitrogen and oxygen atoms in total. The number of aromatic nitrogens is 1. The van der Waals surface area contributed by atoms with Crippen LogP contribution in [0.1, 0.15) is 56.4 Å². The summed E-state index contributed by atoms with van der Waals surface area (Å²) in [6.07, 6.45) is 3.81. The van der Waals surface area contributed by atoms with Crippen LogP contribution in [0, 0.1) is 11.6 Å². The zero-order chi connectivity index (χ0) is 22.9. The second-order valence-electron chi connectivity index (χ2n) is 9.45. The third kappa shape index (κ3) is 4.69. The predicted octanol–water partition coefficient (Wildman–Crippen LogP) is 6.18. The fraction of sp³-hybridized carbons (Fsp3) is 0.346. The Morgan fingerprint density at radius 3 is 2.47 bits per heavy atom. The van der Waals surface area contributed by atoms with Crippen LogP contribution in [0.5, 0.6) is 0 Å². The van der Waals surface area contributed by atoms with Crippen molar-refractivity contribution in [3.8, 4) is 0 Å². The number of hydrogen-bond donors (Lipinski definition) is 2. The van der Waals surface area contributed by atoms with Crippen molar-refractivity contribution in [3.05, 3.63) is 89.2 Å². The molecule has 0 saturated carbocycles. The van der Waals surface area contributed by atoms with Crippen LogP contribution in [0.3, 0.4) is 0 Å². The molecule has 4 rings (SSSR count). The van der Waals surface area contributed by atoms with Gasteiger partial charge in [0.05, 0.1) is 0 Å². The molecule has 0 bridgehead atoms. The van der Waals surface area contributed by atoms with Crippen molar-refractivity contribution < 1.29 is 13.6 Å². The van der Waals surface area contributed by atoms with Crippen molar-refractivity contribution in [3.63, 3.8) is 0 Å². The zero-order valence-electron chi connectivity index (χ0n) is 18.7. The van der Waals surface area contributed by atoms with Crippen molar-refractivity contribution in [1.82, 2.24) is 9.88 Å². The van der Waals surface area contributed by atoms with E-state index in [1.165, 1.54) is 11.6 Å². The number of fused-ring (bicyclic) bond motifs is 1. The highest BCUT2D eigenvalue weighted by Gasteiger charge is 2.31. The topological polar surface area (TPSA) is 46.1 Å². The van der Waals surface area contributed by atoms with Gasteiger partial charge in [-0.1, -0.05) is 45.0 Å². The molecule has 0 fully saturated rings. The maximum absolute atomic E-state index is 13.5. The summed E-state index contributed by atoms with van der Waals surface area (Å²) in [5.74, 6) is -1.96. The Morgan fingerprint density at radius 2 is 1.78 bits per heavy atom. The standard InChI is InChI=1S/C26H29F2N3O/c1-26(2,3)18-10-8-17(9-11-18)24-22(6-4-14-31-15-5-7-23(24)31)30-25(32)29-19-12-13-20(27)21(28)16-19/h5,7-13,15-16,22,24H,4,6,14H2,1-3H3,(H2,29,30,32). The molecule has 6 heteroatoms. The minimum atomic E-state index is -0.994. The number of carbonyl (C=O) groups excluding carboxylic acids is 1. The number of amides is 2. The normalized spacial score (nSPS) is 18.5. The van der Waals surface area contributed by atoms with Crippen molar-refractivity contribution in [2.24, 2.45) is 0 Å². The molecule has 168 valence electrons. The van der Waals surface area contributed by atoms with Gasteiger partial charge in [0.2, 0.25) is 0 Å². The molecule has 1 aliphatic rings. The summed E-state index contributed by atoms with van der Waals surface area (Å²) in [6, 6.07) is 15.5. The molecule has 2 N–H and O–H groups in total. The Balaban J connectivity index is 1.60. The van der Waals surface area contributed by atoms with Gasteiger partial charge in [-0.05, 0) is 53.6 Å². The molecule has 0 spiro atoms. The monoisotopic (exact) mass is 437 g/mol. The zero-order valence-corrected chi connectivity index (χ0v) is 18.7. The Hall–Kier alpha value is -3.15. The molecule has 3 aromatic rings. The molecule has 2 amide bonds. The van der Waals surface area contributed by atoms with Crippen LogP contribution in [0.2, 0.25) is 0 Å². The van der Waals surface area contributed by atoms with Crippen molar-refractivity contribution in [1.29, 1.82) is 0 Å². The molecule has 32 heavy (non-hydrogen) atoms. The van der Waals surface area contributed by atoms with E-state index in [9.17, 15) is 13.6 Å². The molecule has 0 radical (unpaired) electrons. The van der Waals surface area contributed by atoms with Crippen LogP contribution in [-0.2, 0) is 12.0 Å². The fourth-order valence-corrected chi connectivity index (χ4v) is 4.43. The van der Waals surface area contributed by atoms with E-state index in [1.54, 1.807) is 0 Å². The summed E-state index contributed by atoms with van der Waals surface area (Å²) >= 11 is 0. The molecule has 0 saturated heterocycles. The quantitative estimate of drug-likeness (QED) is 0.505. The molecule has 0 aliphatic carbocycles. The third-order valence-corrected chi connectivity index (χ3v) is 6.13. The number of rotatable bonds is 3. The molecular weight excluding hydrogens is 408 g/mol. The summed E-state index contributed by atoms with van der Waals surface area (Å²) in [5, 5.41) is 5.72. The van der Waals surface area contributed by atoms with Crippen LogP contribution in [0.15, 0.2) is 60.8 Å². The van der Waals surface area contributed by atoms with Crippen LogP contribution in [-0.4, -0.2) is 16.6 Å². The largest absolute Gasteiger partial charge is 0.351 e. The highest BCUT2D eigenvalue weighted by Crippen LogP contribution is 2.35. The molecule has 1 aliphatic heterocycles. The summed E-state index contributed by atoms with van der Waals surface area (Å²) in [5.41, 5.74) is 3.82. The van der Waals surface area contributed by atoms with Crippen LogP contribution in [0.4, 0.5) is 19.3 Å². The lowest BCUT2D eigenvalue weighted by atomic mass is 9.83. The van der Waals surface area contributed by atoms with Gasteiger partial charge in [0.15, 0.2) is 11.6 Å². The summed E-state index contributed by atoms with van der Waals surface area (Å²) < 4.78 is 29.0. The lowest BCUT2D eigenvalue weighted by Gasteiger charge is -2.28. The average molecular weight is 438 g/mol. The number of halogens is 2. The maximum Gasteiger partial charge on any atom is 0.319 e. The van der Waals surface area contributed by atoms with E-state index in [4.69, 9.17) is 0 Å². The summed E-state index contributed by atoms with van der Waals surface area (Å²) in [6.45, 7) is 7.45. The first-order chi connectivity index (χ1) is 15.2. The first-order valence-corrected chi connectivity index (χ1v) is 11.0. The van der Waals surface area contributed by atoms with E-state index >= 15 is 0 Å². The molecule has 2 atom stereocenters. The smallest absolute Gasteiger partial charge is 0.319 e.